The van der Waals surface area contributed by atoms with Crippen molar-refractivity contribution in [3.63, 3.8) is 0 Å². The highest BCUT2D eigenvalue weighted by Gasteiger charge is 2.19. The fourth-order valence-corrected chi connectivity index (χ4v) is 1.22. The van der Waals surface area contributed by atoms with Gasteiger partial charge >= 0.3 is 0 Å². The molecule has 0 aromatic carbocycles. The lowest BCUT2D eigenvalue weighted by molar-refractivity contribution is -0.134. The Balaban J connectivity index is 3.85. The number of carbonyl (C=O) groups excluding carboxylic acids is 1. The van der Waals surface area contributed by atoms with Crippen LogP contribution in [-0.4, -0.2) is 18.5 Å². The Kier molecular flexibility index (Phi) is 6.81. The van der Waals surface area contributed by atoms with Gasteiger partial charge in [-0.1, -0.05) is 34.6 Å². The first kappa shape index (κ1) is 13.6. The van der Waals surface area contributed by atoms with Crippen molar-refractivity contribution in [2.24, 2.45) is 11.8 Å². The van der Waals surface area contributed by atoms with Gasteiger partial charge in [0.1, 0.15) is 6.10 Å². The normalized spacial score (nSPS) is 13.6. The average Bonchev–Trinajstić information content (AvgIpc) is 2.10. The summed E-state index contributed by atoms with van der Waals surface area (Å²) >= 11 is 0. The number of ether oxygens (including phenoxy) is 1. The summed E-state index contributed by atoms with van der Waals surface area (Å²) in [4.78, 5) is 11.6. The van der Waals surface area contributed by atoms with Gasteiger partial charge in [0, 0.05) is 12.5 Å². The van der Waals surface area contributed by atoms with Crippen LogP contribution in [0, 0.1) is 11.8 Å². The van der Waals surface area contributed by atoms with Gasteiger partial charge < -0.3 is 4.74 Å². The van der Waals surface area contributed by atoms with E-state index in [2.05, 4.69) is 13.8 Å². The average molecular weight is 200 g/mol. The monoisotopic (exact) mass is 200 g/mol. The third kappa shape index (κ3) is 5.38. The van der Waals surface area contributed by atoms with Crippen LogP contribution in [0.4, 0.5) is 0 Å². The molecule has 0 aromatic heterocycles. The molecule has 14 heavy (non-hydrogen) atoms. The molecule has 0 bridgehead atoms. The molecular weight excluding hydrogens is 176 g/mol. The van der Waals surface area contributed by atoms with Crippen molar-refractivity contribution in [3.8, 4) is 0 Å². The minimum Gasteiger partial charge on any atom is -0.370 e. The van der Waals surface area contributed by atoms with Crippen molar-refractivity contribution in [3.05, 3.63) is 0 Å². The third-order valence-corrected chi connectivity index (χ3v) is 2.27. The van der Waals surface area contributed by atoms with E-state index < -0.39 is 0 Å². The van der Waals surface area contributed by atoms with Crippen molar-refractivity contribution in [2.45, 2.75) is 53.6 Å². The molecule has 0 unspecified atom stereocenters. The maximum Gasteiger partial charge on any atom is 0.164 e. The predicted molar refractivity (Wildman–Crippen MR) is 59.3 cm³/mol. The summed E-state index contributed by atoms with van der Waals surface area (Å²) in [6, 6.07) is 0. The molecule has 1 atom stereocenters. The molecular formula is C12H24O2. The van der Waals surface area contributed by atoms with Crippen LogP contribution in [0.5, 0.6) is 0 Å². The number of ketones is 1. The summed E-state index contributed by atoms with van der Waals surface area (Å²) < 4.78 is 5.58. The van der Waals surface area contributed by atoms with E-state index in [-0.39, 0.29) is 17.8 Å². The molecule has 0 saturated heterocycles. The topological polar surface area (TPSA) is 26.3 Å². The van der Waals surface area contributed by atoms with E-state index in [4.69, 9.17) is 4.74 Å². The van der Waals surface area contributed by atoms with Crippen molar-refractivity contribution >= 4 is 5.78 Å². The number of hydrogen-bond acceptors (Lipinski definition) is 2. The Labute approximate surface area is 88.0 Å². The first-order chi connectivity index (χ1) is 6.49. The minimum atomic E-state index is -0.186. The lowest BCUT2D eigenvalue weighted by atomic mass is 10.0. The van der Waals surface area contributed by atoms with Crippen LogP contribution >= 0.6 is 0 Å². The molecule has 0 spiro atoms. The van der Waals surface area contributed by atoms with E-state index in [9.17, 15) is 4.79 Å². The largest absolute Gasteiger partial charge is 0.370 e. The van der Waals surface area contributed by atoms with E-state index >= 15 is 0 Å². The highest BCUT2D eigenvalue weighted by atomic mass is 16.5. The summed E-state index contributed by atoms with van der Waals surface area (Å²) in [6.45, 7) is 10.9. The second-order valence-electron chi connectivity index (χ2n) is 4.51. The van der Waals surface area contributed by atoms with Gasteiger partial charge in [-0.2, -0.15) is 0 Å². The van der Waals surface area contributed by atoms with E-state index in [1.165, 1.54) is 0 Å². The lowest BCUT2D eigenvalue weighted by Gasteiger charge is -2.17. The maximum atomic E-state index is 11.6. The second-order valence-corrected chi connectivity index (χ2v) is 4.51. The first-order valence-corrected chi connectivity index (χ1v) is 5.64. The molecule has 0 aliphatic rings. The summed E-state index contributed by atoms with van der Waals surface area (Å²) in [5.41, 5.74) is 0. The Morgan fingerprint density at radius 3 is 2.14 bits per heavy atom. The third-order valence-electron chi connectivity index (χ3n) is 2.27. The molecule has 0 heterocycles. The highest BCUT2D eigenvalue weighted by Crippen LogP contribution is 2.09. The zero-order valence-corrected chi connectivity index (χ0v) is 10.2. The molecule has 84 valence electrons. The van der Waals surface area contributed by atoms with E-state index in [1.54, 1.807) is 0 Å². The quantitative estimate of drug-likeness (QED) is 0.631. The van der Waals surface area contributed by atoms with Gasteiger partial charge in [0.2, 0.25) is 0 Å². The standard InChI is InChI=1S/C12H24O2/c1-6-11(12(13)10(4)5)14-8-7-9(2)3/h9-11H,6-8H2,1-5H3/t11-/m0/s1. The molecule has 0 N–H and O–H groups in total. The highest BCUT2D eigenvalue weighted by molar-refractivity contribution is 5.84. The van der Waals surface area contributed by atoms with E-state index in [0.29, 0.717) is 12.5 Å². The van der Waals surface area contributed by atoms with Gasteiger partial charge in [0.05, 0.1) is 0 Å². The van der Waals surface area contributed by atoms with E-state index in [0.717, 1.165) is 12.8 Å². The summed E-state index contributed by atoms with van der Waals surface area (Å²) in [5.74, 6) is 0.955. The van der Waals surface area contributed by atoms with Gasteiger partial charge in [-0.25, -0.2) is 0 Å². The molecule has 0 aliphatic heterocycles. The molecule has 0 aliphatic carbocycles. The molecule has 0 saturated carbocycles. The zero-order valence-electron chi connectivity index (χ0n) is 10.2. The molecule has 0 aromatic rings. The SMILES string of the molecule is CC[C@H](OCCC(C)C)C(=O)C(C)C. The molecule has 0 fully saturated rings. The van der Waals surface area contributed by atoms with Crippen LogP contribution in [0.2, 0.25) is 0 Å². The first-order valence-electron chi connectivity index (χ1n) is 5.64. The van der Waals surface area contributed by atoms with Gasteiger partial charge in [0.15, 0.2) is 5.78 Å². The Hall–Kier alpha value is -0.370. The predicted octanol–water partition coefficient (Wildman–Crippen LogP) is 3.05. The fourth-order valence-electron chi connectivity index (χ4n) is 1.22. The van der Waals surface area contributed by atoms with Crippen molar-refractivity contribution in [1.82, 2.24) is 0 Å². The Bertz CT molecular complexity index is 162. The summed E-state index contributed by atoms with van der Waals surface area (Å²) in [5, 5.41) is 0. The van der Waals surface area contributed by atoms with Crippen LogP contribution in [-0.2, 0) is 9.53 Å². The van der Waals surface area contributed by atoms with Gasteiger partial charge in [-0.05, 0) is 18.8 Å². The number of carbonyl (C=O) groups is 1. The molecule has 2 nitrogen and oxygen atoms in total. The Morgan fingerprint density at radius 1 is 1.21 bits per heavy atom. The van der Waals surface area contributed by atoms with Gasteiger partial charge in [0.25, 0.3) is 0 Å². The fraction of sp³-hybridized carbons (Fsp3) is 0.917. The van der Waals surface area contributed by atoms with Crippen LogP contribution in [0.25, 0.3) is 0 Å². The van der Waals surface area contributed by atoms with Crippen LogP contribution in [0.15, 0.2) is 0 Å². The van der Waals surface area contributed by atoms with Crippen LogP contribution < -0.4 is 0 Å². The van der Waals surface area contributed by atoms with Gasteiger partial charge in [-0.15, -0.1) is 0 Å². The van der Waals surface area contributed by atoms with Gasteiger partial charge in [-0.3, -0.25) is 4.79 Å². The number of hydrogen-bond donors (Lipinski definition) is 0. The van der Waals surface area contributed by atoms with Crippen molar-refractivity contribution < 1.29 is 9.53 Å². The summed E-state index contributed by atoms with van der Waals surface area (Å²) in [7, 11) is 0. The Morgan fingerprint density at radius 2 is 1.79 bits per heavy atom. The molecule has 0 rings (SSSR count). The summed E-state index contributed by atoms with van der Waals surface area (Å²) in [6.07, 6.45) is 1.63. The second kappa shape index (κ2) is 6.99. The lowest BCUT2D eigenvalue weighted by Crippen LogP contribution is -2.28. The number of Topliss-reactive ketones (excluding diaryl/α,β-unsaturated/α-hetero) is 1. The molecule has 2 heteroatoms. The van der Waals surface area contributed by atoms with Crippen molar-refractivity contribution in [2.75, 3.05) is 6.61 Å². The zero-order chi connectivity index (χ0) is 11.1. The van der Waals surface area contributed by atoms with E-state index in [1.807, 2.05) is 20.8 Å². The minimum absolute atomic E-state index is 0.0824. The van der Waals surface area contributed by atoms with Crippen molar-refractivity contribution in [1.29, 1.82) is 0 Å². The molecule has 0 amide bonds. The van der Waals surface area contributed by atoms with Crippen LogP contribution in [0.1, 0.15) is 47.5 Å². The molecule has 0 radical (unpaired) electrons. The number of rotatable bonds is 7. The van der Waals surface area contributed by atoms with Crippen LogP contribution in [0.3, 0.4) is 0 Å². The smallest absolute Gasteiger partial charge is 0.164 e. The maximum absolute atomic E-state index is 11.6.